The lowest BCUT2D eigenvalue weighted by Crippen LogP contribution is -2.18. The SMILES string of the molecule is O=S(=O)(CCO)Nc1nc2ccc(Cl)cc2s1. The third kappa shape index (κ3) is 3.06. The van der Waals surface area contributed by atoms with E-state index in [0.29, 0.717) is 10.5 Å². The summed E-state index contributed by atoms with van der Waals surface area (Å²) in [5.74, 6) is -0.344. The summed E-state index contributed by atoms with van der Waals surface area (Å²) in [6.45, 7) is -0.425. The minimum Gasteiger partial charge on any atom is -0.395 e. The van der Waals surface area contributed by atoms with E-state index in [4.69, 9.17) is 16.7 Å². The van der Waals surface area contributed by atoms with Crippen LogP contribution in [0.25, 0.3) is 10.2 Å². The van der Waals surface area contributed by atoms with Crippen molar-refractivity contribution >= 4 is 48.3 Å². The van der Waals surface area contributed by atoms with Crippen molar-refractivity contribution in [3.63, 3.8) is 0 Å². The van der Waals surface area contributed by atoms with Crippen molar-refractivity contribution in [1.82, 2.24) is 4.98 Å². The average Bonchev–Trinajstić information content (AvgIpc) is 2.57. The molecule has 1 aromatic carbocycles. The first kappa shape index (κ1) is 12.6. The lowest BCUT2D eigenvalue weighted by atomic mass is 10.3. The third-order valence-corrected chi connectivity index (χ3v) is 4.48. The molecule has 0 saturated heterocycles. The molecule has 0 unspecified atom stereocenters. The molecule has 0 atom stereocenters. The molecular weight excluding hydrogens is 284 g/mol. The molecule has 0 aliphatic carbocycles. The summed E-state index contributed by atoms with van der Waals surface area (Å²) in [7, 11) is -3.53. The molecule has 17 heavy (non-hydrogen) atoms. The number of halogens is 1. The first-order valence-corrected chi connectivity index (χ1v) is 7.52. The minimum atomic E-state index is -3.53. The van der Waals surface area contributed by atoms with Crippen LogP contribution in [0.1, 0.15) is 0 Å². The first-order chi connectivity index (χ1) is 8.00. The summed E-state index contributed by atoms with van der Waals surface area (Å²) in [6, 6.07) is 5.13. The van der Waals surface area contributed by atoms with Crippen LogP contribution in [0.3, 0.4) is 0 Å². The number of thiazole rings is 1. The number of aliphatic hydroxyl groups excluding tert-OH is 1. The lowest BCUT2D eigenvalue weighted by Gasteiger charge is -2.01. The van der Waals surface area contributed by atoms with Gasteiger partial charge in [-0.05, 0) is 18.2 Å². The maximum Gasteiger partial charge on any atom is 0.236 e. The molecule has 2 N–H and O–H groups in total. The third-order valence-electron chi connectivity index (χ3n) is 1.95. The van der Waals surface area contributed by atoms with Crippen LogP contribution in [-0.2, 0) is 10.0 Å². The van der Waals surface area contributed by atoms with Gasteiger partial charge in [0.25, 0.3) is 0 Å². The molecule has 0 fully saturated rings. The molecule has 1 aromatic heterocycles. The van der Waals surface area contributed by atoms with Gasteiger partial charge in [-0.2, -0.15) is 0 Å². The second-order valence-electron chi connectivity index (χ2n) is 3.28. The van der Waals surface area contributed by atoms with Crippen molar-refractivity contribution in [2.45, 2.75) is 0 Å². The highest BCUT2D eigenvalue weighted by atomic mass is 35.5. The average molecular weight is 293 g/mol. The zero-order chi connectivity index (χ0) is 12.5. The molecule has 0 bridgehead atoms. The number of benzene rings is 1. The zero-order valence-electron chi connectivity index (χ0n) is 8.55. The highest BCUT2D eigenvalue weighted by molar-refractivity contribution is 7.92. The van der Waals surface area contributed by atoms with Crippen molar-refractivity contribution in [3.8, 4) is 0 Å². The molecule has 0 amide bonds. The van der Waals surface area contributed by atoms with Crippen LogP contribution < -0.4 is 4.72 Å². The molecule has 0 aliphatic heterocycles. The van der Waals surface area contributed by atoms with Crippen molar-refractivity contribution in [2.24, 2.45) is 0 Å². The van der Waals surface area contributed by atoms with Crippen molar-refractivity contribution < 1.29 is 13.5 Å². The van der Waals surface area contributed by atoms with Crippen LogP contribution in [0.4, 0.5) is 5.13 Å². The monoisotopic (exact) mass is 292 g/mol. The largest absolute Gasteiger partial charge is 0.395 e. The maximum absolute atomic E-state index is 11.4. The maximum atomic E-state index is 11.4. The Morgan fingerprint density at radius 1 is 1.47 bits per heavy atom. The van der Waals surface area contributed by atoms with E-state index in [1.807, 2.05) is 0 Å². The van der Waals surface area contributed by atoms with E-state index in [1.54, 1.807) is 18.2 Å². The molecule has 0 radical (unpaired) electrons. The normalized spacial score (nSPS) is 11.9. The molecule has 92 valence electrons. The molecule has 0 saturated carbocycles. The highest BCUT2D eigenvalue weighted by Crippen LogP contribution is 2.28. The van der Waals surface area contributed by atoms with Gasteiger partial charge in [-0.15, -0.1) is 0 Å². The molecule has 2 rings (SSSR count). The molecule has 0 spiro atoms. The fourth-order valence-electron chi connectivity index (χ4n) is 1.25. The van der Waals surface area contributed by atoms with Gasteiger partial charge in [0.2, 0.25) is 10.0 Å². The molecule has 0 aliphatic rings. The Kier molecular flexibility index (Phi) is 3.53. The second-order valence-corrected chi connectivity index (χ2v) is 6.58. The topological polar surface area (TPSA) is 79.3 Å². The number of hydrogen-bond donors (Lipinski definition) is 2. The minimum absolute atomic E-state index is 0.274. The van der Waals surface area contributed by atoms with E-state index < -0.39 is 16.6 Å². The summed E-state index contributed by atoms with van der Waals surface area (Å²) in [6.07, 6.45) is 0. The number of nitrogens with one attached hydrogen (secondary N) is 1. The van der Waals surface area contributed by atoms with E-state index in [0.717, 1.165) is 4.70 Å². The van der Waals surface area contributed by atoms with Crippen LogP contribution in [0.2, 0.25) is 5.02 Å². The quantitative estimate of drug-likeness (QED) is 0.898. The number of nitrogens with zero attached hydrogens (tertiary/aromatic N) is 1. The Bertz CT molecular complexity index is 639. The van der Waals surface area contributed by atoms with Gasteiger partial charge in [0.15, 0.2) is 5.13 Å². The molecule has 2 aromatic rings. The van der Waals surface area contributed by atoms with Crippen molar-refractivity contribution in [2.75, 3.05) is 17.1 Å². The number of aromatic nitrogens is 1. The summed E-state index contributed by atoms with van der Waals surface area (Å²) in [5, 5.41) is 9.45. The smallest absolute Gasteiger partial charge is 0.236 e. The van der Waals surface area contributed by atoms with Crippen molar-refractivity contribution in [3.05, 3.63) is 23.2 Å². The zero-order valence-corrected chi connectivity index (χ0v) is 10.9. The van der Waals surface area contributed by atoms with Crippen LogP contribution >= 0.6 is 22.9 Å². The van der Waals surface area contributed by atoms with Gasteiger partial charge in [0, 0.05) is 5.02 Å². The van der Waals surface area contributed by atoms with E-state index in [1.165, 1.54) is 11.3 Å². The lowest BCUT2D eigenvalue weighted by molar-refractivity contribution is 0.320. The van der Waals surface area contributed by atoms with Gasteiger partial charge in [-0.3, -0.25) is 4.72 Å². The first-order valence-electron chi connectivity index (χ1n) is 4.67. The summed E-state index contributed by atoms with van der Waals surface area (Å²) in [4.78, 5) is 4.11. The standard InChI is InChI=1S/C9H9ClN2O3S2/c10-6-1-2-7-8(5-6)16-9(11-7)12-17(14,15)4-3-13/h1-2,5,13H,3-4H2,(H,11,12). The van der Waals surface area contributed by atoms with Crippen LogP contribution in [0.15, 0.2) is 18.2 Å². The van der Waals surface area contributed by atoms with Gasteiger partial charge in [0.05, 0.1) is 22.6 Å². The van der Waals surface area contributed by atoms with Gasteiger partial charge >= 0.3 is 0 Å². The van der Waals surface area contributed by atoms with Gasteiger partial charge in [0.1, 0.15) is 0 Å². The van der Waals surface area contributed by atoms with Crippen molar-refractivity contribution in [1.29, 1.82) is 0 Å². The van der Waals surface area contributed by atoms with Gasteiger partial charge in [-0.25, -0.2) is 13.4 Å². The van der Waals surface area contributed by atoms with E-state index >= 15 is 0 Å². The number of aliphatic hydroxyl groups is 1. The Balaban J connectivity index is 2.31. The van der Waals surface area contributed by atoms with Crippen LogP contribution in [0.5, 0.6) is 0 Å². The Morgan fingerprint density at radius 2 is 2.24 bits per heavy atom. The van der Waals surface area contributed by atoms with E-state index in [-0.39, 0.29) is 10.9 Å². The molecule has 1 heterocycles. The predicted molar refractivity (Wildman–Crippen MR) is 69.1 cm³/mol. The number of fused-ring (bicyclic) bond motifs is 1. The molecule has 5 nitrogen and oxygen atoms in total. The summed E-state index contributed by atoms with van der Waals surface area (Å²) >= 11 is 7.01. The molecule has 8 heteroatoms. The number of hydrogen-bond acceptors (Lipinski definition) is 5. The van der Waals surface area contributed by atoms with Gasteiger partial charge in [-0.1, -0.05) is 22.9 Å². The van der Waals surface area contributed by atoms with E-state index in [9.17, 15) is 8.42 Å². The Hall–Kier alpha value is -0.890. The highest BCUT2D eigenvalue weighted by Gasteiger charge is 2.12. The van der Waals surface area contributed by atoms with Crippen LogP contribution in [-0.4, -0.2) is 30.9 Å². The fraction of sp³-hybridized carbons (Fsp3) is 0.222. The predicted octanol–water partition coefficient (Wildman–Crippen LogP) is 1.68. The second kappa shape index (κ2) is 4.77. The Labute approximate surface area is 107 Å². The fourth-order valence-corrected chi connectivity index (χ4v) is 3.44. The van der Waals surface area contributed by atoms with Gasteiger partial charge < -0.3 is 5.11 Å². The van der Waals surface area contributed by atoms with Crippen LogP contribution in [0, 0.1) is 0 Å². The number of rotatable bonds is 4. The summed E-state index contributed by atoms with van der Waals surface area (Å²) < 4.78 is 25.9. The van der Waals surface area contributed by atoms with E-state index in [2.05, 4.69) is 9.71 Å². The number of anilines is 1. The number of sulfonamides is 1. The summed E-state index contributed by atoms with van der Waals surface area (Å²) in [5.41, 5.74) is 0.682. The molecular formula is C9H9ClN2O3S2. The Morgan fingerprint density at radius 3 is 2.94 bits per heavy atom.